The lowest BCUT2D eigenvalue weighted by Crippen LogP contribution is -2.16. The van der Waals surface area contributed by atoms with Gasteiger partial charge in [-0.15, -0.1) is 0 Å². The third-order valence-corrected chi connectivity index (χ3v) is 5.47. The van der Waals surface area contributed by atoms with Gasteiger partial charge in [0, 0.05) is 12.0 Å². The number of carbonyl (C=O) groups excluding carboxylic acids is 1. The Labute approximate surface area is 156 Å². The van der Waals surface area contributed by atoms with Crippen molar-refractivity contribution in [3.8, 4) is 11.5 Å². The molecule has 140 valence electrons. The molecule has 0 saturated heterocycles. The van der Waals surface area contributed by atoms with Crippen molar-refractivity contribution in [2.45, 2.75) is 38.5 Å². The zero-order valence-electron chi connectivity index (χ0n) is 15.7. The second kappa shape index (κ2) is 8.93. The van der Waals surface area contributed by atoms with Gasteiger partial charge in [-0.05, 0) is 62.5 Å². The first kappa shape index (κ1) is 18.6. The van der Waals surface area contributed by atoms with E-state index in [1.165, 1.54) is 0 Å². The fraction of sp³-hybridized carbons (Fsp3) is 0.500. The van der Waals surface area contributed by atoms with Crippen molar-refractivity contribution in [3.05, 3.63) is 42.5 Å². The predicted molar refractivity (Wildman–Crippen MR) is 105 cm³/mol. The maximum Gasteiger partial charge on any atom is 0.228 e. The minimum absolute atomic E-state index is 0.105. The van der Waals surface area contributed by atoms with Crippen LogP contribution in [0.25, 0.3) is 0 Å². The van der Waals surface area contributed by atoms with Gasteiger partial charge in [0.2, 0.25) is 5.91 Å². The molecule has 2 aliphatic carbocycles. The van der Waals surface area contributed by atoms with Gasteiger partial charge in [0.05, 0.1) is 19.9 Å². The Kier molecular flexibility index (Phi) is 6.37. The monoisotopic (exact) mass is 355 g/mol. The smallest absolute Gasteiger partial charge is 0.228 e. The molecular weight excluding hydrogens is 326 g/mol. The Hall–Kier alpha value is -2.23. The largest absolute Gasteiger partial charge is 0.497 e. The average Bonchev–Trinajstić information content (AvgIpc) is 3.34. The van der Waals surface area contributed by atoms with Crippen LogP contribution in [0.3, 0.4) is 0 Å². The molecule has 2 aliphatic rings. The van der Waals surface area contributed by atoms with Crippen molar-refractivity contribution in [3.63, 3.8) is 0 Å². The molecule has 4 nitrogen and oxygen atoms in total. The predicted octanol–water partition coefficient (Wildman–Crippen LogP) is 4.97. The summed E-state index contributed by atoms with van der Waals surface area (Å²) >= 11 is 0. The van der Waals surface area contributed by atoms with Crippen LogP contribution in [0.15, 0.2) is 42.5 Å². The van der Waals surface area contributed by atoms with Crippen LogP contribution in [0.5, 0.6) is 11.5 Å². The summed E-state index contributed by atoms with van der Waals surface area (Å²) in [4.78, 5) is 12.9. The molecule has 0 aromatic heterocycles. The van der Waals surface area contributed by atoms with Gasteiger partial charge < -0.3 is 14.8 Å². The Morgan fingerprint density at radius 2 is 1.54 bits per heavy atom. The number of anilines is 1. The highest BCUT2D eigenvalue weighted by Gasteiger charge is 2.52. The first-order valence-corrected chi connectivity index (χ1v) is 9.57. The van der Waals surface area contributed by atoms with Crippen molar-refractivity contribution < 1.29 is 14.3 Å². The van der Waals surface area contributed by atoms with E-state index in [-0.39, 0.29) is 11.8 Å². The summed E-state index contributed by atoms with van der Waals surface area (Å²) in [6, 6.07) is 5.47. The fourth-order valence-corrected chi connectivity index (χ4v) is 3.99. The van der Waals surface area contributed by atoms with Gasteiger partial charge in [0.25, 0.3) is 0 Å². The molecule has 1 aromatic carbocycles. The normalized spacial score (nSPS) is 27.8. The molecule has 1 fully saturated rings. The molecular formula is C22H29NO3. The lowest BCUT2D eigenvalue weighted by Gasteiger charge is -2.12. The molecule has 2 atom stereocenters. The number of benzene rings is 1. The highest BCUT2D eigenvalue weighted by atomic mass is 16.5. The average molecular weight is 355 g/mol. The van der Waals surface area contributed by atoms with E-state index in [2.05, 4.69) is 29.6 Å². The van der Waals surface area contributed by atoms with Crippen LogP contribution in [-0.2, 0) is 4.79 Å². The summed E-state index contributed by atoms with van der Waals surface area (Å²) in [7, 11) is 3.23. The van der Waals surface area contributed by atoms with Gasteiger partial charge in [0.1, 0.15) is 11.5 Å². The van der Waals surface area contributed by atoms with E-state index in [0.29, 0.717) is 29.0 Å². The van der Waals surface area contributed by atoms with Crippen LogP contribution in [0.1, 0.15) is 38.5 Å². The summed E-state index contributed by atoms with van der Waals surface area (Å²) in [6.07, 6.45) is 15.6. The van der Waals surface area contributed by atoms with E-state index < -0.39 is 0 Å². The molecule has 0 spiro atoms. The molecule has 0 heterocycles. The van der Waals surface area contributed by atoms with Crippen LogP contribution < -0.4 is 14.8 Å². The highest BCUT2D eigenvalue weighted by Crippen LogP contribution is 2.53. The van der Waals surface area contributed by atoms with Crippen molar-refractivity contribution in [1.82, 2.24) is 0 Å². The Bertz CT molecular complexity index is 656. The molecule has 1 saturated carbocycles. The van der Waals surface area contributed by atoms with Gasteiger partial charge in [-0.1, -0.05) is 24.3 Å². The molecule has 1 aromatic rings. The van der Waals surface area contributed by atoms with E-state index in [4.69, 9.17) is 9.47 Å². The Balaban J connectivity index is 1.68. The number of allylic oxidation sites excluding steroid dienone is 4. The fourth-order valence-electron chi connectivity index (χ4n) is 3.99. The number of ether oxygens (including phenoxy) is 2. The SMILES string of the molecule is COc1ccc(OC)c(NC(=O)C2[C@@H]3CC/C=C\CC/C=C\CC[C@@H]23)c1. The number of carbonyl (C=O) groups is 1. The van der Waals surface area contributed by atoms with Crippen LogP contribution in [0, 0.1) is 17.8 Å². The number of rotatable bonds is 4. The Morgan fingerprint density at radius 1 is 0.923 bits per heavy atom. The molecule has 3 rings (SSSR count). The molecule has 0 bridgehead atoms. The number of hydrogen-bond donors (Lipinski definition) is 1. The van der Waals surface area contributed by atoms with Gasteiger partial charge in [-0.2, -0.15) is 0 Å². The van der Waals surface area contributed by atoms with Crippen LogP contribution in [0.2, 0.25) is 0 Å². The Morgan fingerprint density at radius 3 is 2.12 bits per heavy atom. The number of methoxy groups -OCH3 is 2. The molecule has 4 heteroatoms. The van der Waals surface area contributed by atoms with Crippen LogP contribution >= 0.6 is 0 Å². The summed E-state index contributed by atoms with van der Waals surface area (Å²) in [5, 5.41) is 3.07. The topological polar surface area (TPSA) is 47.6 Å². The molecule has 0 radical (unpaired) electrons. The quantitative estimate of drug-likeness (QED) is 0.776. The van der Waals surface area contributed by atoms with E-state index in [1.807, 2.05) is 18.2 Å². The van der Waals surface area contributed by atoms with E-state index in [1.54, 1.807) is 14.2 Å². The third kappa shape index (κ3) is 4.48. The number of nitrogens with one attached hydrogen (secondary N) is 1. The maximum absolute atomic E-state index is 12.9. The first-order chi connectivity index (χ1) is 12.7. The number of hydrogen-bond acceptors (Lipinski definition) is 3. The van der Waals surface area contributed by atoms with E-state index >= 15 is 0 Å². The zero-order valence-corrected chi connectivity index (χ0v) is 15.7. The number of fused-ring (bicyclic) bond motifs is 1. The second-order valence-electron chi connectivity index (χ2n) is 7.08. The van der Waals surface area contributed by atoms with Crippen molar-refractivity contribution in [2.75, 3.05) is 19.5 Å². The number of amides is 1. The third-order valence-electron chi connectivity index (χ3n) is 5.47. The summed E-state index contributed by atoms with van der Waals surface area (Å²) in [5.41, 5.74) is 0.680. The van der Waals surface area contributed by atoms with Crippen LogP contribution in [0.4, 0.5) is 5.69 Å². The van der Waals surface area contributed by atoms with Gasteiger partial charge >= 0.3 is 0 Å². The lowest BCUT2D eigenvalue weighted by atomic mass is 10.1. The highest BCUT2D eigenvalue weighted by molar-refractivity contribution is 5.96. The van der Waals surface area contributed by atoms with Crippen LogP contribution in [-0.4, -0.2) is 20.1 Å². The standard InChI is InChI=1S/C22H29NO3/c1-25-16-13-14-20(26-2)19(15-16)23-22(24)21-17-11-9-7-5-3-4-6-8-10-12-18(17)21/h5-8,13-15,17-18,21H,3-4,9-12H2,1-2H3,(H,23,24)/b7-5-,8-6-/t17-,18-/m1/s1. The maximum atomic E-state index is 12.9. The summed E-state index contributed by atoms with van der Waals surface area (Å²) in [6.45, 7) is 0. The zero-order chi connectivity index (χ0) is 18.4. The molecule has 0 aliphatic heterocycles. The molecule has 0 unspecified atom stereocenters. The minimum Gasteiger partial charge on any atom is -0.497 e. The van der Waals surface area contributed by atoms with Gasteiger partial charge in [0.15, 0.2) is 0 Å². The first-order valence-electron chi connectivity index (χ1n) is 9.57. The molecule has 26 heavy (non-hydrogen) atoms. The van der Waals surface area contributed by atoms with E-state index in [9.17, 15) is 4.79 Å². The van der Waals surface area contributed by atoms with Gasteiger partial charge in [-0.3, -0.25) is 4.79 Å². The van der Waals surface area contributed by atoms with Crippen molar-refractivity contribution in [1.29, 1.82) is 0 Å². The minimum atomic E-state index is 0.105. The molecule has 1 N–H and O–H groups in total. The van der Waals surface area contributed by atoms with Crippen molar-refractivity contribution in [2.24, 2.45) is 17.8 Å². The summed E-state index contributed by atoms with van der Waals surface area (Å²) < 4.78 is 10.6. The van der Waals surface area contributed by atoms with Crippen molar-refractivity contribution >= 4 is 11.6 Å². The lowest BCUT2D eigenvalue weighted by molar-refractivity contribution is -0.117. The summed E-state index contributed by atoms with van der Waals surface area (Å²) in [5.74, 6) is 2.55. The van der Waals surface area contributed by atoms with Gasteiger partial charge in [-0.25, -0.2) is 0 Å². The second-order valence-corrected chi connectivity index (χ2v) is 7.08. The van der Waals surface area contributed by atoms with E-state index in [0.717, 1.165) is 38.5 Å². The molecule has 1 amide bonds.